The maximum atomic E-state index is 13.1. The van der Waals surface area contributed by atoms with Gasteiger partial charge in [-0.15, -0.1) is 0 Å². The molecule has 0 aliphatic carbocycles. The van der Waals surface area contributed by atoms with Gasteiger partial charge in [0.15, 0.2) is 0 Å². The van der Waals surface area contributed by atoms with Crippen molar-refractivity contribution < 1.29 is 32.2 Å². The van der Waals surface area contributed by atoms with Crippen LogP contribution in [0.4, 0.5) is 24.5 Å². The Morgan fingerprint density at radius 1 is 1.07 bits per heavy atom. The molecule has 0 unspecified atom stereocenters. The normalized spacial score (nSPS) is 11.1. The predicted molar refractivity (Wildman–Crippen MR) is 102 cm³/mol. The number of ether oxygens (including phenoxy) is 2. The second-order valence-corrected chi connectivity index (χ2v) is 6.31. The zero-order chi connectivity index (χ0) is 21.6. The fourth-order valence-corrected chi connectivity index (χ4v) is 2.48. The Hall–Kier alpha value is -3.23. The van der Waals surface area contributed by atoms with E-state index >= 15 is 0 Å². The van der Waals surface area contributed by atoms with Crippen molar-refractivity contribution in [2.24, 2.45) is 0 Å². The number of anilines is 2. The molecule has 0 saturated carbocycles. The lowest BCUT2D eigenvalue weighted by molar-refractivity contribution is -0.137. The molecule has 0 aromatic heterocycles. The molecule has 6 nitrogen and oxygen atoms in total. The van der Waals surface area contributed by atoms with Gasteiger partial charge >= 0.3 is 12.1 Å². The molecule has 29 heavy (non-hydrogen) atoms. The van der Waals surface area contributed by atoms with Gasteiger partial charge in [-0.3, -0.25) is 4.79 Å². The molecule has 0 bridgehead atoms. The third-order valence-corrected chi connectivity index (χ3v) is 3.71. The first-order valence-electron chi connectivity index (χ1n) is 8.70. The first-order chi connectivity index (χ1) is 13.6. The van der Waals surface area contributed by atoms with Crippen LogP contribution in [0.1, 0.15) is 29.8 Å². The van der Waals surface area contributed by atoms with Gasteiger partial charge in [0.25, 0.3) is 0 Å². The van der Waals surface area contributed by atoms with Crippen LogP contribution in [0.3, 0.4) is 0 Å². The number of carbonyl (C=O) groups excluding carboxylic acids is 2. The van der Waals surface area contributed by atoms with Crippen molar-refractivity contribution in [3.05, 3.63) is 53.6 Å². The lowest BCUT2D eigenvalue weighted by Gasteiger charge is -2.17. The van der Waals surface area contributed by atoms with Crippen LogP contribution in [-0.2, 0) is 15.7 Å². The van der Waals surface area contributed by atoms with Crippen LogP contribution in [0, 0.1) is 0 Å². The van der Waals surface area contributed by atoms with Gasteiger partial charge in [0, 0.05) is 0 Å². The van der Waals surface area contributed by atoms with Gasteiger partial charge in [0.05, 0.1) is 42.3 Å². The molecule has 0 aliphatic heterocycles. The minimum atomic E-state index is -4.59. The number of hydrogen-bond donors (Lipinski definition) is 2. The molecular formula is C20H21F3N2O4. The molecule has 0 atom stereocenters. The van der Waals surface area contributed by atoms with Gasteiger partial charge in [-0.2, -0.15) is 13.2 Å². The lowest BCUT2D eigenvalue weighted by Crippen LogP contribution is -2.24. The zero-order valence-corrected chi connectivity index (χ0v) is 16.1. The number of amides is 1. The number of rotatable bonds is 7. The molecule has 0 spiro atoms. The molecule has 2 aromatic rings. The number of nitrogens with one attached hydrogen (secondary N) is 2. The highest BCUT2D eigenvalue weighted by Crippen LogP contribution is 2.34. The van der Waals surface area contributed by atoms with Gasteiger partial charge in [0.1, 0.15) is 5.75 Å². The SMILES string of the molecule is COC(=O)c1ccc(OC(C)C)c(NCC(=O)Nc2ccccc2C(F)(F)F)c1. The summed E-state index contributed by atoms with van der Waals surface area (Å²) >= 11 is 0. The van der Waals surface area contributed by atoms with Gasteiger partial charge in [-0.05, 0) is 44.2 Å². The van der Waals surface area contributed by atoms with Crippen LogP contribution in [0.5, 0.6) is 5.75 Å². The summed E-state index contributed by atoms with van der Waals surface area (Å²) in [5.41, 5.74) is -0.714. The minimum absolute atomic E-state index is 0.174. The molecule has 0 saturated heterocycles. The summed E-state index contributed by atoms with van der Waals surface area (Å²) in [5.74, 6) is -0.885. The standard InChI is InChI=1S/C20H21F3N2O4/c1-12(2)29-17-9-8-13(19(27)28-3)10-16(17)24-11-18(26)25-15-7-5-4-6-14(15)20(21,22)23/h4-10,12,24H,11H2,1-3H3,(H,25,26). The lowest BCUT2D eigenvalue weighted by atomic mass is 10.1. The van der Waals surface area contributed by atoms with Crippen molar-refractivity contribution in [2.75, 3.05) is 24.3 Å². The van der Waals surface area contributed by atoms with E-state index in [4.69, 9.17) is 4.74 Å². The van der Waals surface area contributed by atoms with Crippen LogP contribution in [0.2, 0.25) is 0 Å². The van der Waals surface area contributed by atoms with E-state index in [0.717, 1.165) is 6.07 Å². The van der Waals surface area contributed by atoms with E-state index < -0.39 is 23.6 Å². The van der Waals surface area contributed by atoms with Gasteiger partial charge < -0.3 is 20.1 Å². The highest BCUT2D eigenvalue weighted by atomic mass is 19.4. The van der Waals surface area contributed by atoms with Crippen molar-refractivity contribution >= 4 is 23.3 Å². The Balaban J connectivity index is 2.16. The summed E-state index contributed by atoms with van der Waals surface area (Å²) in [6, 6.07) is 9.20. The summed E-state index contributed by atoms with van der Waals surface area (Å²) in [6.07, 6.45) is -4.77. The average Bonchev–Trinajstić information content (AvgIpc) is 2.65. The molecule has 2 rings (SSSR count). The molecule has 156 valence electrons. The second-order valence-electron chi connectivity index (χ2n) is 6.31. The molecule has 1 amide bonds. The van der Waals surface area contributed by atoms with Crippen LogP contribution in [0.25, 0.3) is 0 Å². The van der Waals surface area contributed by atoms with Crippen molar-refractivity contribution in [3.63, 3.8) is 0 Å². The van der Waals surface area contributed by atoms with Crippen molar-refractivity contribution in [1.29, 1.82) is 0 Å². The van der Waals surface area contributed by atoms with Crippen molar-refractivity contribution in [2.45, 2.75) is 26.1 Å². The Kier molecular flexibility index (Phi) is 7.08. The maximum Gasteiger partial charge on any atom is 0.418 e. The summed E-state index contributed by atoms with van der Waals surface area (Å²) in [7, 11) is 1.24. The Bertz CT molecular complexity index is 882. The molecular weight excluding hydrogens is 389 g/mol. The third kappa shape index (κ3) is 6.13. The first-order valence-corrected chi connectivity index (χ1v) is 8.70. The van der Waals surface area contributed by atoms with E-state index in [1.165, 1.54) is 37.4 Å². The average molecular weight is 410 g/mol. The van der Waals surface area contributed by atoms with Crippen LogP contribution in [0.15, 0.2) is 42.5 Å². The number of hydrogen-bond acceptors (Lipinski definition) is 5. The van der Waals surface area contributed by atoms with E-state index in [1.807, 2.05) is 0 Å². The Labute approximate surface area is 166 Å². The summed E-state index contributed by atoms with van der Waals surface area (Å²) in [6.45, 7) is 3.27. The summed E-state index contributed by atoms with van der Waals surface area (Å²) in [5, 5.41) is 5.03. The Morgan fingerprint density at radius 3 is 2.38 bits per heavy atom. The molecule has 0 aliphatic rings. The fourth-order valence-electron chi connectivity index (χ4n) is 2.48. The second kappa shape index (κ2) is 9.31. The summed E-state index contributed by atoms with van der Waals surface area (Å²) in [4.78, 5) is 23.9. The molecule has 0 radical (unpaired) electrons. The molecule has 0 heterocycles. The minimum Gasteiger partial charge on any atom is -0.489 e. The van der Waals surface area contributed by atoms with Crippen LogP contribution < -0.4 is 15.4 Å². The van der Waals surface area contributed by atoms with Crippen LogP contribution >= 0.6 is 0 Å². The third-order valence-electron chi connectivity index (χ3n) is 3.71. The van der Waals surface area contributed by atoms with Crippen molar-refractivity contribution in [3.8, 4) is 5.75 Å². The van der Waals surface area contributed by atoms with Gasteiger partial charge in [-0.1, -0.05) is 12.1 Å². The van der Waals surface area contributed by atoms with Crippen LogP contribution in [-0.4, -0.2) is 31.6 Å². The molecule has 2 aromatic carbocycles. The van der Waals surface area contributed by atoms with Crippen molar-refractivity contribution in [1.82, 2.24) is 0 Å². The number of methoxy groups -OCH3 is 1. The smallest absolute Gasteiger partial charge is 0.418 e. The van der Waals surface area contributed by atoms with E-state index in [9.17, 15) is 22.8 Å². The highest BCUT2D eigenvalue weighted by molar-refractivity contribution is 5.95. The van der Waals surface area contributed by atoms with E-state index in [1.54, 1.807) is 19.9 Å². The summed E-state index contributed by atoms with van der Waals surface area (Å²) < 4.78 is 49.5. The molecule has 0 fully saturated rings. The van der Waals surface area contributed by atoms with E-state index in [2.05, 4.69) is 15.4 Å². The highest BCUT2D eigenvalue weighted by Gasteiger charge is 2.33. The zero-order valence-electron chi connectivity index (χ0n) is 16.1. The quantitative estimate of drug-likeness (QED) is 0.665. The molecule has 2 N–H and O–H groups in total. The number of halogens is 3. The van der Waals surface area contributed by atoms with Gasteiger partial charge in [-0.25, -0.2) is 4.79 Å². The fraction of sp³-hybridized carbons (Fsp3) is 0.300. The first kappa shape index (κ1) is 22.1. The monoisotopic (exact) mass is 410 g/mol. The molecule has 9 heteroatoms. The number of benzene rings is 2. The number of para-hydroxylation sites is 1. The van der Waals surface area contributed by atoms with E-state index in [-0.39, 0.29) is 23.9 Å². The topological polar surface area (TPSA) is 76.7 Å². The predicted octanol–water partition coefficient (Wildman–Crippen LogP) is 4.33. The number of esters is 1. The van der Waals surface area contributed by atoms with Gasteiger partial charge in [0.2, 0.25) is 5.91 Å². The van der Waals surface area contributed by atoms with E-state index in [0.29, 0.717) is 11.4 Å². The maximum absolute atomic E-state index is 13.1. The largest absolute Gasteiger partial charge is 0.489 e. The number of alkyl halides is 3. The Morgan fingerprint density at radius 2 is 1.76 bits per heavy atom. The number of carbonyl (C=O) groups is 2.